The summed E-state index contributed by atoms with van der Waals surface area (Å²) in [5.74, 6) is 1.35. The van der Waals surface area contributed by atoms with Crippen molar-refractivity contribution in [3.8, 4) is 0 Å². The molecule has 2 fully saturated rings. The van der Waals surface area contributed by atoms with Crippen LogP contribution in [0.2, 0.25) is 0 Å². The van der Waals surface area contributed by atoms with Gasteiger partial charge in [-0.3, -0.25) is 4.79 Å². The topological polar surface area (TPSA) is 29.1 Å². The summed E-state index contributed by atoms with van der Waals surface area (Å²) in [6.45, 7) is 0. The first kappa shape index (κ1) is 11.7. The van der Waals surface area contributed by atoms with Crippen LogP contribution in [0, 0.1) is 17.7 Å². The number of carbonyl (C=O) groups is 1. The SMILES string of the molecule is O=C(Cc1ccc(F)cc1)NC1CC2CCC1C2. The van der Waals surface area contributed by atoms with Crippen LogP contribution in [0.5, 0.6) is 0 Å². The zero-order chi connectivity index (χ0) is 12.5. The molecule has 2 nitrogen and oxygen atoms in total. The molecule has 0 saturated heterocycles. The van der Waals surface area contributed by atoms with Crippen LogP contribution in [0.1, 0.15) is 31.2 Å². The number of amides is 1. The zero-order valence-corrected chi connectivity index (χ0v) is 10.4. The highest BCUT2D eigenvalue weighted by molar-refractivity contribution is 5.78. The van der Waals surface area contributed by atoms with Gasteiger partial charge in [0, 0.05) is 6.04 Å². The van der Waals surface area contributed by atoms with Crippen molar-refractivity contribution in [2.45, 2.75) is 38.1 Å². The number of hydrogen-bond acceptors (Lipinski definition) is 1. The summed E-state index contributed by atoms with van der Waals surface area (Å²) in [6, 6.07) is 6.54. The minimum atomic E-state index is -0.257. The fourth-order valence-electron chi connectivity index (χ4n) is 3.47. The Morgan fingerprint density at radius 3 is 2.61 bits per heavy atom. The van der Waals surface area contributed by atoms with E-state index >= 15 is 0 Å². The van der Waals surface area contributed by atoms with Gasteiger partial charge in [0.25, 0.3) is 0 Å². The number of nitrogens with one attached hydrogen (secondary N) is 1. The van der Waals surface area contributed by atoms with Crippen molar-refractivity contribution in [3.63, 3.8) is 0 Å². The van der Waals surface area contributed by atoms with E-state index in [0.29, 0.717) is 18.4 Å². The molecule has 0 heterocycles. The molecule has 1 N–H and O–H groups in total. The van der Waals surface area contributed by atoms with Crippen molar-refractivity contribution in [3.05, 3.63) is 35.6 Å². The highest BCUT2D eigenvalue weighted by Gasteiger charge is 2.39. The molecule has 0 spiro atoms. The Labute approximate surface area is 107 Å². The normalized spacial score (nSPS) is 29.5. The first-order valence-corrected chi connectivity index (χ1v) is 6.74. The molecule has 18 heavy (non-hydrogen) atoms. The Balaban J connectivity index is 1.54. The molecule has 3 atom stereocenters. The van der Waals surface area contributed by atoms with Gasteiger partial charge in [-0.05, 0) is 48.8 Å². The summed E-state index contributed by atoms with van der Waals surface area (Å²) in [7, 11) is 0. The number of carbonyl (C=O) groups excluding carboxylic acids is 1. The van der Waals surface area contributed by atoms with E-state index in [0.717, 1.165) is 17.9 Å². The fourth-order valence-corrected chi connectivity index (χ4v) is 3.47. The summed E-state index contributed by atoms with van der Waals surface area (Å²) in [6.07, 6.45) is 5.41. The van der Waals surface area contributed by atoms with Gasteiger partial charge in [-0.1, -0.05) is 18.6 Å². The first-order chi connectivity index (χ1) is 8.70. The molecular formula is C15H18FNO. The van der Waals surface area contributed by atoms with Gasteiger partial charge in [-0.2, -0.15) is 0 Å². The summed E-state index contributed by atoms with van der Waals surface area (Å²) in [5.41, 5.74) is 0.872. The summed E-state index contributed by atoms with van der Waals surface area (Å²) < 4.78 is 12.8. The Morgan fingerprint density at radius 1 is 1.22 bits per heavy atom. The van der Waals surface area contributed by atoms with E-state index in [9.17, 15) is 9.18 Å². The molecule has 2 aliphatic carbocycles. The number of rotatable bonds is 3. The van der Waals surface area contributed by atoms with Crippen LogP contribution >= 0.6 is 0 Å². The molecule has 1 amide bonds. The molecule has 2 bridgehead atoms. The highest BCUT2D eigenvalue weighted by Crippen LogP contribution is 2.44. The molecule has 0 radical (unpaired) electrons. The van der Waals surface area contributed by atoms with Gasteiger partial charge in [0.1, 0.15) is 5.82 Å². The third-order valence-electron chi connectivity index (χ3n) is 4.36. The second-order valence-corrected chi connectivity index (χ2v) is 5.65. The third-order valence-corrected chi connectivity index (χ3v) is 4.36. The van der Waals surface area contributed by atoms with E-state index in [1.165, 1.54) is 31.4 Å². The Hall–Kier alpha value is -1.38. The lowest BCUT2D eigenvalue weighted by Gasteiger charge is -2.22. The monoisotopic (exact) mass is 247 g/mol. The van der Waals surface area contributed by atoms with E-state index in [2.05, 4.69) is 5.32 Å². The van der Waals surface area contributed by atoms with Gasteiger partial charge in [0.2, 0.25) is 5.91 Å². The molecule has 2 saturated carbocycles. The van der Waals surface area contributed by atoms with Crippen LogP contribution in [-0.2, 0) is 11.2 Å². The minimum Gasteiger partial charge on any atom is -0.353 e. The largest absolute Gasteiger partial charge is 0.353 e. The van der Waals surface area contributed by atoms with Crippen molar-refractivity contribution in [2.24, 2.45) is 11.8 Å². The van der Waals surface area contributed by atoms with E-state index in [4.69, 9.17) is 0 Å². The Morgan fingerprint density at radius 2 is 2.00 bits per heavy atom. The lowest BCUT2D eigenvalue weighted by molar-refractivity contribution is -0.121. The molecule has 3 unspecified atom stereocenters. The number of fused-ring (bicyclic) bond motifs is 2. The predicted octanol–water partition coefficient (Wildman–Crippen LogP) is 2.67. The third kappa shape index (κ3) is 2.40. The molecule has 3 rings (SSSR count). The molecule has 3 heteroatoms. The Kier molecular flexibility index (Phi) is 3.06. The van der Waals surface area contributed by atoms with Gasteiger partial charge >= 0.3 is 0 Å². The van der Waals surface area contributed by atoms with Crippen LogP contribution in [0.3, 0.4) is 0 Å². The van der Waals surface area contributed by atoms with E-state index in [1.807, 2.05) is 0 Å². The quantitative estimate of drug-likeness (QED) is 0.874. The van der Waals surface area contributed by atoms with Gasteiger partial charge in [0.15, 0.2) is 0 Å². The van der Waals surface area contributed by atoms with Crippen molar-refractivity contribution in [1.82, 2.24) is 5.32 Å². The van der Waals surface area contributed by atoms with Crippen molar-refractivity contribution >= 4 is 5.91 Å². The maximum absolute atomic E-state index is 12.8. The summed E-state index contributed by atoms with van der Waals surface area (Å²) in [5, 5.41) is 3.14. The van der Waals surface area contributed by atoms with Gasteiger partial charge < -0.3 is 5.32 Å². The van der Waals surface area contributed by atoms with Crippen LogP contribution in [0.4, 0.5) is 4.39 Å². The number of halogens is 1. The maximum atomic E-state index is 12.8. The fraction of sp³-hybridized carbons (Fsp3) is 0.533. The molecule has 0 aliphatic heterocycles. The molecule has 1 aromatic carbocycles. The lowest BCUT2D eigenvalue weighted by Crippen LogP contribution is -2.39. The van der Waals surface area contributed by atoms with Gasteiger partial charge in [0.05, 0.1) is 6.42 Å². The molecular weight excluding hydrogens is 229 g/mol. The molecule has 1 aromatic rings. The van der Waals surface area contributed by atoms with Crippen LogP contribution < -0.4 is 5.32 Å². The standard InChI is InChI=1S/C15H18FNO/c16-13-5-2-10(3-6-13)9-15(18)17-14-8-11-1-4-12(14)7-11/h2-3,5-6,11-12,14H,1,4,7-9H2,(H,17,18). The first-order valence-electron chi connectivity index (χ1n) is 6.74. The minimum absolute atomic E-state index is 0.0687. The lowest BCUT2D eigenvalue weighted by atomic mass is 9.95. The van der Waals surface area contributed by atoms with Crippen LogP contribution in [0.15, 0.2) is 24.3 Å². The average Bonchev–Trinajstić information content (AvgIpc) is 2.94. The summed E-state index contributed by atoms with van der Waals surface area (Å²) >= 11 is 0. The highest BCUT2D eigenvalue weighted by atomic mass is 19.1. The van der Waals surface area contributed by atoms with E-state index in [1.54, 1.807) is 12.1 Å². The van der Waals surface area contributed by atoms with Crippen molar-refractivity contribution in [2.75, 3.05) is 0 Å². The van der Waals surface area contributed by atoms with Crippen molar-refractivity contribution < 1.29 is 9.18 Å². The zero-order valence-electron chi connectivity index (χ0n) is 10.4. The maximum Gasteiger partial charge on any atom is 0.224 e. The summed E-state index contributed by atoms with van der Waals surface area (Å²) in [4.78, 5) is 11.9. The Bertz CT molecular complexity index is 442. The second kappa shape index (κ2) is 4.71. The average molecular weight is 247 g/mol. The number of hydrogen-bond donors (Lipinski definition) is 1. The molecule has 0 aromatic heterocycles. The second-order valence-electron chi connectivity index (χ2n) is 5.65. The molecule has 96 valence electrons. The van der Waals surface area contributed by atoms with E-state index in [-0.39, 0.29) is 11.7 Å². The van der Waals surface area contributed by atoms with E-state index < -0.39 is 0 Å². The van der Waals surface area contributed by atoms with Crippen LogP contribution in [0.25, 0.3) is 0 Å². The van der Waals surface area contributed by atoms with Crippen molar-refractivity contribution in [1.29, 1.82) is 0 Å². The van der Waals surface area contributed by atoms with Crippen LogP contribution in [-0.4, -0.2) is 11.9 Å². The van der Waals surface area contributed by atoms with Gasteiger partial charge in [-0.15, -0.1) is 0 Å². The number of benzene rings is 1. The van der Waals surface area contributed by atoms with Gasteiger partial charge in [-0.25, -0.2) is 4.39 Å². The molecule has 2 aliphatic rings. The smallest absolute Gasteiger partial charge is 0.224 e. The predicted molar refractivity (Wildman–Crippen MR) is 67.5 cm³/mol.